The van der Waals surface area contributed by atoms with Gasteiger partial charge in [0.2, 0.25) is 5.78 Å². The average Bonchev–Trinajstić information content (AvgIpc) is 2.75. The first kappa shape index (κ1) is 11.3. The van der Waals surface area contributed by atoms with Crippen LogP contribution in [0.1, 0.15) is 25.2 Å². The normalized spacial score (nSPS) is 11.3. The van der Waals surface area contributed by atoms with Crippen molar-refractivity contribution in [2.45, 2.75) is 27.7 Å². The number of hydrogen-bond donors (Lipinski definition) is 0. The third-order valence-electron chi connectivity index (χ3n) is 3.08. The van der Waals surface area contributed by atoms with Gasteiger partial charge in [0, 0.05) is 18.8 Å². The zero-order valence-electron chi connectivity index (χ0n) is 10.2. The summed E-state index contributed by atoms with van der Waals surface area (Å²) in [6, 6.07) is 0. The van der Waals surface area contributed by atoms with Crippen LogP contribution in [0.15, 0.2) is 6.20 Å². The van der Waals surface area contributed by atoms with Gasteiger partial charge in [-0.3, -0.25) is 4.40 Å². The van der Waals surface area contributed by atoms with Crippen LogP contribution in [0.2, 0.25) is 5.15 Å². The van der Waals surface area contributed by atoms with Crippen molar-refractivity contribution < 1.29 is 0 Å². The molecule has 4 nitrogen and oxygen atoms in total. The molecule has 0 spiro atoms. The SMILES string of the molecule is CCN(CC)n1c(C)c(C)n2c(Cl)cnc12. The highest BCUT2D eigenvalue weighted by atomic mass is 35.5. The van der Waals surface area contributed by atoms with Crippen molar-refractivity contribution in [2.24, 2.45) is 0 Å². The fraction of sp³-hybridized carbons (Fsp3) is 0.545. The van der Waals surface area contributed by atoms with Crippen molar-refractivity contribution in [3.05, 3.63) is 22.7 Å². The number of aryl methyl sites for hydroxylation is 1. The van der Waals surface area contributed by atoms with E-state index in [4.69, 9.17) is 11.6 Å². The predicted octanol–water partition coefficient (Wildman–Crippen LogP) is 2.38. The van der Waals surface area contributed by atoms with Crippen LogP contribution >= 0.6 is 11.6 Å². The Bertz CT molecular complexity index is 507. The number of rotatable bonds is 3. The van der Waals surface area contributed by atoms with Crippen LogP contribution in [-0.4, -0.2) is 27.2 Å². The van der Waals surface area contributed by atoms with E-state index in [9.17, 15) is 0 Å². The molecule has 2 heterocycles. The summed E-state index contributed by atoms with van der Waals surface area (Å²) in [7, 11) is 0. The van der Waals surface area contributed by atoms with Gasteiger partial charge < -0.3 is 5.01 Å². The maximum atomic E-state index is 6.12. The fourth-order valence-corrected chi connectivity index (χ4v) is 2.34. The van der Waals surface area contributed by atoms with Crippen LogP contribution in [0, 0.1) is 13.8 Å². The first-order valence-corrected chi connectivity index (χ1v) is 5.95. The van der Waals surface area contributed by atoms with Crippen molar-refractivity contribution in [1.82, 2.24) is 14.1 Å². The van der Waals surface area contributed by atoms with Crippen LogP contribution in [-0.2, 0) is 0 Å². The molecule has 88 valence electrons. The summed E-state index contributed by atoms with van der Waals surface area (Å²) in [6.45, 7) is 10.3. The molecule has 0 amide bonds. The second-order valence-electron chi connectivity index (χ2n) is 3.84. The molecule has 0 saturated heterocycles. The monoisotopic (exact) mass is 240 g/mol. The minimum Gasteiger partial charge on any atom is -0.310 e. The van der Waals surface area contributed by atoms with E-state index in [1.54, 1.807) is 6.20 Å². The van der Waals surface area contributed by atoms with Crippen LogP contribution in [0.4, 0.5) is 0 Å². The third-order valence-corrected chi connectivity index (χ3v) is 3.35. The van der Waals surface area contributed by atoms with E-state index >= 15 is 0 Å². The standard InChI is InChI=1S/C11H17ClN4/c1-5-14(6-2)16-9(4)8(3)15-10(12)7-13-11(15)16/h7H,5-6H2,1-4H3. The van der Waals surface area contributed by atoms with Gasteiger partial charge in [-0.1, -0.05) is 11.6 Å². The van der Waals surface area contributed by atoms with Crippen LogP contribution < -0.4 is 5.01 Å². The lowest BCUT2D eigenvalue weighted by atomic mass is 10.4. The molecule has 0 N–H and O–H groups in total. The summed E-state index contributed by atoms with van der Waals surface area (Å²) >= 11 is 6.12. The van der Waals surface area contributed by atoms with Crippen LogP contribution in [0.5, 0.6) is 0 Å². The zero-order valence-corrected chi connectivity index (χ0v) is 10.9. The predicted molar refractivity (Wildman–Crippen MR) is 67.0 cm³/mol. The number of imidazole rings is 2. The summed E-state index contributed by atoms with van der Waals surface area (Å²) in [5, 5.41) is 2.91. The van der Waals surface area contributed by atoms with Crippen LogP contribution in [0.25, 0.3) is 5.78 Å². The van der Waals surface area contributed by atoms with E-state index in [1.807, 2.05) is 4.40 Å². The molecular formula is C11H17ClN4. The highest BCUT2D eigenvalue weighted by molar-refractivity contribution is 6.29. The molecule has 0 unspecified atom stereocenters. The fourth-order valence-electron chi connectivity index (χ4n) is 2.09. The number of aromatic nitrogens is 3. The van der Waals surface area contributed by atoms with E-state index in [0.29, 0.717) is 5.15 Å². The smallest absolute Gasteiger partial charge is 0.234 e. The third kappa shape index (κ3) is 1.40. The summed E-state index contributed by atoms with van der Waals surface area (Å²) in [5.74, 6) is 0.892. The van der Waals surface area contributed by atoms with Gasteiger partial charge in [0.1, 0.15) is 5.15 Å². The van der Waals surface area contributed by atoms with Crippen molar-refractivity contribution in [3.8, 4) is 0 Å². The number of fused-ring (bicyclic) bond motifs is 1. The zero-order chi connectivity index (χ0) is 11.9. The first-order valence-electron chi connectivity index (χ1n) is 5.57. The summed E-state index contributed by atoms with van der Waals surface area (Å²) < 4.78 is 4.12. The maximum absolute atomic E-state index is 6.12. The van der Waals surface area contributed by atoms with E-state index in [-0.39, 0.29) is 0 Å². The second kappa shape index (κ2) is 4.01. The lowest BCUT2D eigenvalue weighted by molar-refractivity contribution is 0.619. The number of nitrogens with zero attached hydrogens (tertiary/aromatic N) is 4. The van der Waals surface area contributed by atoms with Crippen molar-refractivity contribution >= 4 is 17.4 Å². The van der Waals surface area contributed by atoms with Gasteiger partial charge in [0.05, 0.1) is 11.9 Å². The molecule has 2 rings (SSSR count). The molecule has 16 heavy (non-hydrogen) atoms. The summed E-state index contributed by atoms with van der Waals surface area (Å²) in [6.07, 6.45) is 1.70. The largest absolute Gasteiger partial charge is 0.310 e. The van der Waals surface area contributed by atoms with Gasteiger partial charge in [0.15, 0.2) is 0 Å². The summed E-state index contributed by atoms with van der Waals surface area (Å²) in [5.41, 5.74) is 2.33. The Morgan fingerprint density at radius 3 is 2.44 bits per heavy atom. The molecule has 0 atom stereocenters. The first-order chi connectivity index (χ1) is 7.61. The Labute approximate surface area is 100 Å². The Morgan fingerprint density at radius 2 is 1.88 bits per heavy atom. The second-order valence-corrected chi connectivity index (χ2v) is 4.23. The van der Waals surface area contributed by atoms with Gasteiger partial charge in [-0.05, 0) is 27.7 Å². The minimum absolute atomic E-state index is 0.668. The summed E-state index contributed by atoms with van der Waals surface area (Å²) in [4.78, 5) is 4.37. The number of halogens is 1. The topological polar surface area (TPSA) is 25.5 Å². The maximum Gasteiger partial charge on any atom is 0.234 e. The highest BCUT2D eigenvalue weighted by Crippen LogP contribution is 2.20. The molecule has 0 bridgehead atoms. The molecule has 2 aromatic rings. The average molecular weight is 241 g/mol. The molecule has 0 aliphatic heterocycles. The van der Waals surface area contributed by atoms with E-state index < -0.39 is 0 Å². The van der Waals surface area contributed by atoms with E-state index in [2.05, 4.69) is 42.4 Å². The lowest BCUT2D eigenvalue weighted by Crippen LogP contribution is -2.35. The molecule has 0 aliphatic carbocycles. The Kier molecular flexibility index (Phi) is 2.84. The van der Waals surface area contributed by atoms with Crippen molar-refractivity contribution in [2.75, 3.05) is 18.1 Å². The Hall–Kier alpha value is -1.16. The van der Waals surface area contributed by atoms with E-state index in [0.717, 1.165) is 24.6 Å². The molecule has 0 radical (unpaired) electrons. The van der Waals surface area contributed by atoms with Gasteiger partial charge >= 0.3 is 0 Å². The van der Waals surface area contributed by atoms with Crippen LogP contribution in [0.3, 0.4) is 0 Å². The Balaban J connectivity index is 2.73. The molecule has 0 aromatic carbocycles. The van der Waals surface area contributed by atoms with Gasteiger partial charge in [-0.2, -0.15) is 0 Å². The molecule has 0 saturated carbocycles. The van der Waals surface area contributed by atoms with Gasteiger partial charge in [0.25, 0.3) is 0 Å². The highest BCUT2D eigenvalue weighted by Gasteiger charge is 2.17. The quantitative estimate of drug-likeness (QED) is 0.823. The Morgan fingerprint density at radius 1 is 1.25 bits per heavy atom. The molecule has 5 heteroatoms. The van der Waals surface area contributed by atoms with Crippen molar-refractivity contribution in [1.29, 1.82) is 0 Å². The number of hydrogen-bond acceptors (Lipinski definition) is 2. The van der Waals surface area contributed by atoms with E-state index in [1.165, 1.54) is 5.69 Å². The minimum atomic E-state index is 0.668. The lowest BCUT2D eigenvalue weighted by Gasteiger charge is -2.23. The van der Waals surface area contributed by atoms with Crippen molar-refractivity contribution in [3.63, 3.8) is 0 Å². The van der Waals surface area contributed by atoms with Gasteiger partial charge in [-0.25, -0.2) is 9.66 Å². The molecular weight excluding hydrogens is 224 g/mol. The molecule has 0 fully saturated rings. The molecule has 2 aromatic heterocycles. The van der Waals surface area contributed by atoms with Gasteiger partial charge in [-0.15, -0.1) is 0 Å². The molecule has 0 aliphatic rings.